The fourth-order valence-corrected chi connectivity index (χ4v) is 2.87. The summed E-state index contributed by atoms with van der Waals surface area (Å²) in [6.45, 7) is 5.16. The molecule has 0 saturated heterocycles. The number of aryl methyl sites for hydroxylation is 2. The summed E-state index contributed by atoms with van der Waals surface area (Å²) in [5, 5.41) is 10.1. The van der Waals surface area contributed by atoms with E-state index in [4.69, 9.17) is 0 Å². The van der Waals surface area contributed by atoms with Crippen molar-refractivity contribution in [2.75, 3.05) is 6.54 Å². The molecule has 0 aliphatic heterocycles. The maximum Gasteiger partial charge on any atom is 0.0597 e. The monoisotopic (exact) mass is 249 g/mol. The van der Waals surface area contributed by atoms with Crippen LogP contribution in [0.1, 0.15) is 29.2 Å². The minimum Gasteiger partial charge on any atom is -0.309 e. The van der Waals surface area contributed by atoms with Gasteiger partial charge < -0.3 is 5.32 Å². The van der Waals surface area contributed by atoms with Crippen LogP contribution in [0, 0.1) is 6.92 Å². The Labute approximate surface area is 106 Å². The topological polar surface area (TPSA) is 29.9 Å². The second-order valence-corrected chi connectivity index (χ2v) is 5.26. The van der Waals surface area contributed by atoms with Gasteiger partial charge in [0.2, 0.25) is 0 Å². The average molecular weight is 249 g/mol. The molecule has 2 rings (SSSR count). The summed E-state index contributed by atoms with van der Waals surface area (Å²) in [7, 11) is 2.01. The zero-order valence-corrected chi connectivity index (χ0v) is 11.4. The third-order valence-electron chi connectivity index (χ3n) is 2.83. The van der Waals surface area contributed by atoms with Crippen LogP contribution in [0.5, 0.6) is 0 Å². The molecule has 0 bridgehead atoms. The highest BCUT2D eigenvalue weighted by molar-refractivity contribution is 7.09. The van der Waals surface area contributed by atoms with Crippen LogP contribution in [0.25, 0.3) is 0 Å². The summed E-state index contributed by atoms with van der Waals surface area (Å²) in [5.74, 6) is 0. The van der Waals surface area contributed by atoms with E-state index in [1.807, 2.05) is 30.0 Å². The van der Waals surface area contributed by atoms with Crippen molar-refractivity contribution < 1.29 is 0 Å². The van der Waals surface area contributed by atoms with E-state index in [-0.39, 0.29) is 0 Å². The molecule has 2 heterocycles. The average Bonchev–Trinajstić information content (AvgIpc) is 2.88. The molecule has 0 aliphatic carbocycles. The Kier molecular flexibility index (Phi) is 3.97. The highest BCUT2D eigenvalue weighted by atomic mass is 32.1. The molecule has 1 unspecified atom stereocenters. The van der Waals surface area contributed by atoms with Gasteiger partial charge in [-0.15, -0.1) is 11.3 Å². The molecule has 1 atom stereocenters. The predicted octanol–water partition coefficient (Wildman–Crippen LogP) is 2.68. The van der Waals surface area contributed by atoms with Gasteiger partial charge in [-0.05, 0) is 31.0 Å². The second-order valence-electron chi connectivity index (χ2n) is 4.23. The first-order valence-electron chi connectivity index (χ1n) is 5.97. The molecule has 2 aromatic heterocycles. The molecule has 0 aliphatic rings. The highest BCUT2D eigenvalue weighted by Gasteiger charge is 2.16. The number of nitrogens with one attached hydrogen (secondary N) is 1. The highest BCUT2D eigenvalue weighted by Crippen LogP contribution is 2.21. The first-order chi connectivity index (χ1) is 8.20. The quantitative estimate of drug-likeness (QED) is 0.883. The summed E-state index contributed by atoms with van der Waals surface area (Å²) in [6.07, 6.45) is 1.03. The van der Waals surface area contributed by atoms with Gasteiger partial charge in [0.15, 0.2) is 0 Å². The van der Waals surface area contributed by atoms with Gasteiger partial charge in [0.05, 0.1) is 17.4 Å². The van der Waals surface area contributed by atoms with Gasteiger partial charge in [-0.1, -0.05) is 13.0 Å². The van der Waals surface area contributed by atoms with Gasteiger partial charge in [0, 0.05) is 18.3 Å². The van der Waals surface area contributed by atoms with E-state index in [2.05, 4.69) is 40.9 Å². The summed E-state index contributed by atoms with van der Waals surface area (Å²) in [5.41, 5.74) is 2.34. The van der Waals surface area contributed by atoms with Crippen molar-refractivity contribution in [1.82, 2.24) is 15.1 Å². The van der Waals surface area contributed by atoms with Gasteiger partial charge in [-0.25, -0.2) is 0 Å². The SMILES string of the molecule is CCNC(Cc1cccs1)c1cc(C)nn1C. The van der Waals surface area contributed by atoms with E-state index in [0.717, 1.165) is 18.7 Å². The van der Waals surface area contributed by atoms with Crippen LogP contribution in [0.4, 0.5) is 0 Å². The lowest BCUT2D eigenvalue weighted by molar-refractivity contribution is 0.510. The maximum absolute atomic E-state index is 4.42. The molecule has 17 heavy (non-hydrogen) atoms. The standard InChI is InChI=1S/C13H19N3S/c1-4-14-12(9-11-6-5-7-17-11)13-8-10(2)15-16(13)3/h5-8,12,14H,4,9H2,1-3H3. The normalized spacial score (nSPS) is 12.9. The molecule has 0 saturated carbocycles. The fraction of sp³-hybridized carbons (Fsp3) is 0.462. The number of hydrogen-bond acceptors (Lipinski definition) is 3. The predicted molar refractivity (Wildman–Crippen MR) is 72.4 cm³/mol. The fourth-order valence-electron chi connectivity index (χ4n) is 2.11. The summed E-state index contributed by atoms with van der Waals surface area (Å²) >= 11 is 1.81. The van der Waals surface area contributed by atoms with Gasteiger partial charge in [0.1, 0.15) is 0 Å². The van der Waals surface area contributed by atoms with Crippen LogP contribution in [-0.2, 0) is 13.5 Å². The van der Waals surface area contributed by atoms with Crippen molar-refractivity contribution in [2.24, 2.45) is 7.05 Å². The molecule has 0 spiro atoms. The summed E-state index contributed by atoms with van der Waals surface area (Å²) in [4.78, 5) is 1.41. The van der Waals surface area contributed by atoms with E-state index in [9.17, 15) is 0 Å². The molecular weight excluding hydrogens is 230 g/mol. The number of nitrogens with zero attached hydrogens (tertiary/aromatic N) is 2. The van der Waals surface area contributed by atoms with Crippen LogP contribution < -0.4 is 5.32 Å². The lowest BCUT2D eigenvalue weighted by atomic mass is 10.1. The number of rotatable bonds is 5. The Hall–Kier alpha value is -1.13. The van der Waals surface area contributed by atoms with Crippen LogP contribution in [0.2, 0.25) is 0 Å². The molecular formula is C13H19N3S. The molecule has 92 valence electrons. The lowest BCUT2D eigenvalue weighted by Gasteiger charge is -2.17. The molecule has 0 aromatic carbocycles. The molecule has 0 fully saturated rings. The Bertz CT molecular complexity index is 459. The largest absolute Gasteiger partial charge is 0.309 e. The molecule has 1 N–H and O–H groups in total. The van der Waals surface area contributed by atoms with E-state index >= 15 is 0 Å². The van der Waals surface area contributed by atoms with Gasteiger partial charge in [0.25, 0.3) is 0 Å². The zero-order valence-electron chi connectivity index (χ0n) is 10.6. The van der Waals surface area contributed by atoms with Crippen LogP contribution in [0.3, 0.4) is 0 Å². The number of aromatic nitrogens is 2. The Morgan fingerprint density at radius 3 is 2.88 bits per heavy atom. The minimum absolute atomic E-state index is 0.352. The van der Waals surface area contributed by atoms with Gasteiger partial charge in [-0.3, -0.25) is 4.68 Å². The molecule has 3 nitrogen and oxygen atoms in total. The maximum atomic E-state index is 4.42. The third kappa shape index (κ3) is 2.96. The van der Waals surface area contributed by atoms with E-state index in [0.29, 0.717) is 6.04 Å². The van der Waals surface area contributed by atoms with Crippen molar-refractivity contribution in [3.05, 3.63) is 39.8 Å². The van der Waals surface area contributed by atoms with Crippen LogP contribution in [-0.4, -0.2) is 16.3 Å². The van der Waals surface area contributed by atoms with Crippen LogP contribution in [0.15, 0.2) is 23.6 Å². The number of likely N-dealkylation sites (N-methyl/N-ethyl adjacent to an activating group) is 1. The molecule has 2 aromatic rings. The van der Waals surface area contributed by atoms with Crippen molar-refractivity contribution in [2.45, 2.75) is 26.3 Å². The number of thiophene rings is 1. The first kappa shape index (κ1) is 12.3. The lowest BCUT2D eigenvalue weighted by Crippen LogP contribution is -2.24. The van der Waals surface area contributed by atoms with Gasteiger partial charge in [-0.2, -0.15) is 5.10 Å². The Morgan fingerprint density at radius 2 is 2.35 bits per heavy atom. The van der Waals surface area contributed by atoms with Crippen molar-refractivity contribution in [3.8, 4) is 0 Å². The number of hydrogen-bond donors (Lipinski definition) is 1. The second kappa shape index (κ2) is 5.47. The van der Waals surface area contributed by atoms with Crippen molar-refractivity contribution in [3.63, 3.8) is 0 Å². The van der Waals surface area contributed by atoms with Gasteiger partial charge >= 0.3 is 0 Å². The zero-order chi connectivity index (χ0) is 12.3. The van der Waals surface area contributed by atoms with Crippen molar-refractivity contribution >= 4 is 11.3 Å². The third-order valence-corrected chi connectivity index (χ3v) is 3.73. The molecule has 0 radical (unpaired) electrons. The molecule has 4 heteroatoms. The van der Waals surface area contributed by atoms with Crippen LogP contribution >= 0.6 is 11.3 Å². The first-order valence-corrected chi connectivity index (χ1v) is 6.85. The van der Waals surface area contributed by atoms with E-state index < -0.39 is 0 Å². The van der Waals surface area contributed by atoms with E-state index in [1.165, 1.54) is 10.6 Å². The minimum atomic E-state index is 0.352. The summed E-state index contributed by atoms with van der Waals surface area (Å²) in [6, 6.07) is 6.82. The Balaban J connectivity index is 2.19. The van der Waals surface area contributed by atoms with Crippen molar-refractivity contribution in [1.29, 1.82) is 0 Å². The smallest absolute Gasteiger partial charge is 0.0597 e. The molecule has 0 amide bonds. The Morgan fingerprint density at radius 1 is 1.53 bits per heavy atom. The van der Waals surface area contributed by atoms with E-state index in [1.54, 1.807) is 0 Å². The summed E-state index contributed by atoms with van der Waals surface area (Å²) < 4.78 is 1.98.